The Balaban J connectivity index is 1.67. The zero-order chi connectivity index (χ0) is 17.9. The fourth-order valence-electron chi connectivity index (χ4n) is 2.19. The number of rotatable bonds is 3. The average Bonchev–Trinajstić information content (AvgIpc) is 2.61. The molecule has 25 heavy (non-hydrogen) atoms. The Labute approximate surface area is 141 Å². The second-order valence-corrected chi connectivity index (χ2v) is 5.20. The number of hydrogen-bond donors (Lipinski definition) is 1. The molecule has 3 rings (SSSR count). The van der Waals surface area contributed by atoms with Gasteiger partial charge in [0.25, 0.3) is 5.91 Å². The van der Waals surface area contributed by atoms with E-state index in [-0.39, 0.29) is 5.56 Å². The predicted octanol–water partition coefficient (Wildman–Crippen LogP) is 4.02. The van der Waals surface area contributed by atoms with Gasteiger partial charge in [0.1, 0.15) is 0 Å². The summed E-state index contributed by atoms with van der Waals surface area (Å²) >= 11 is 0. The fraction of sp³-hybridized carbons (Fsp3) is 0.0556. The molecule has 0 bridgehead atoms. The van der Waals surface area contributed by atoms with E-state index >= 15 is 0 Å². The van der Waals surface area contributed by atoms with Crippen LogP contribution in [0.5, 0.6) is 0 Å². The molecule has 7 heteroatoms. The van der Waals surface area contributed by atoms with E-state index in [9.17, 15) is 18.0 Å². The lowest BCUT2D eigenvalue weighted by Crippen LogP contribution is -2.18. The van der Waals surface area contributed by atoms with Crippen molar-refractivity contribution in [1.82, 2.24) is 10.4 Å². The molecule has 0 atom stereocenters. The van der Waals surface area contributed by atoms with E-state index in [2.05, 4.69) is 15.5 Å². The standard InChI is InChI=1S/C18H12F3N3O/c19-18(20,21)14-8-5-13(6-9-14)17(25)24-22-11-15-10-7-12-3-1-2-4-16(12)23-15/h1-11H,(H,24,25)/b22-11+. The van der Waals surface area contributed by atoms with Gasteiger partial charge in [-0.15, -0.1) is 0 Å². The molecule has 0 spiro atoms. The van der Waals surface area contributed by atoms with Crippen molar-refractivity contribution < 1.29 is 18.0 Å². The summed E-state index contributed by atoms with van der Waals surface area (Å²) in [6, 6.07) is 15.1. The number of alkyl halides is 3. The van der Waals surface area contributed by atoms with Crippen molar-refractivity contribution in [3.63, 3.8) is 0 Å². The van der Waals surface area contributed by atoms with Crippen LogP contribution < -0.4 is 5.43 Å². The third-order valence-electron chi connectivity index (χ3n) is 3.46. The Bertz CT molecular complexity index is 934. The van der Waals surface area contributed by atoms with Crippen molar-refractivity contribution in [1.29, 1.82) is 0 Å². The van der Waals surface area contributed by atoms with Crippen molar-refractivity contribution in [2.75, 3.05) is 0 Å². The summed E-state index contributed by atoms with van der Waals surface area (Å²) in [4.78, 5) is 16.2. The second-order valence-electron chi connectivity index (χ2n) is 5.20. The monoisotopic (exact) mass is 343 g/mol. The smallest absolute Gasteiger partial charge is 0.267 e. The van der Waals surface area contributed by atoms with Gasteiger partial charge in [0, 0.05) is 10.9 Å². The molecule has 0 unspecified atom stereocenters. The van der Waals surface area contributed by atoms with Gasteiger partial charge in [0.05, 0.1) is 23.0 Å². The topological polar surface area (TPSA) is 54.4 Å². The normalized spacial score (nSPS) is 11.8. The maximum absolute atomic E-state index is 12.5. The van der Waals surface area contributed by atoms with E-state index in [4.69, 9.17) is 0 Å². The quantitative estimate of drug-likeness (QED) is 0.577. The Morgan fingerprint density at radius 1 is 1.00 bits per heavy atom. The van der Waals surface area contributed by atoms with Crippen molar-refractivity contribution in [2.24, 2.45) is 5.10 Å². The molecule has 0 aliphatic heterocycles. The van der Waals surface area contributed by atoms with E-state index in [0.29, 0.717) is 5.69 Å². The first-order valence-electron chi connectivity index (χ1n) is 7.30. The van der Waals surface area contributed by atoms with Gasteiger partial charge < -0.3 is 0 Å². The lowest BCUT2D eigenvalue weighted by atomic mass is 10.1. The highest BCUT2D eigenvalue weighted by atomic mass is 19.4. The number of halogens is 3. The molecule has 4 nitrogen and oxygen atoms in total. The molecule has 1 aromatic heterocycles. The third kappa shape index (κ3) is 4.00. The van der Waals surface area contributed by atoms with Gasteiger partial charge in [-0.2, -0.15) is 18.3 Å². The fourth-order valence-corrected chi connectivity index (χ4v) is 2.19. The first kappa shape index (κ1) is 16.6. The summed E-state index contributed by atoms with van der Waals surface area (Å²) in [5, 5.41) is 4.77. The van der Waals surface area contributed by atoms with Crippen LogP contribution in [0.3, 0.4) is 0 Å². The molecule has 0 saturated carbocycles. The van der Waals surface area contributed by atoms with Crippen LogP contribution in [0.25, 0.3) is 10.9 Å². The molecule has 126 valence electrons. The molecule has 1 heterocycles. The Hall–Kier alpha value is -3.22. The van der Waals surface area contributed by atoms with Crippen LogP contribution in [0.15, 0.2) is 65.8 Å². The van der Waals surface area contributed by atoms with Gasteiger partial charge in [-0.1, -0.05) is 24.3 Å². The molecule has 0 saturated heterocycles. The maximum atomic E-state index is 12.5. The minimum absolute atomic E-state index is 0.0802. The number of fused-ring (bicyclic) bond motifs is 1. The van der Waals surface area contributed by atoms with Crippen molar-refractivity contribution in [3.05, 3.63) is 77.5 Å². The van der Waals surface area contributed by atoms with Crippen molar-refractivity contribution in [3.8, 4) is 0 Å². The summed E-state index contributed by atoms with van der Waals surface area (Å²) in [6.45, 7) is 0. The summed E-state index contributed by atoms with van der Waals surface area (Å²) in [5.41, 5.74) is 2.87. The molecule has 1 amide bonds. The number of hydrogen-bond acceptors (Lipinski definition) is 3. The maximum Gasteiger partial charge on any atom is 0.416 e. The summed E-state index contributed by atoms with van der Waals surface area (Å²) in [7, 11) is 0. The minimum Gasteiger partial charge on any atom is -0.267 e. The molecule has 1 N–H and O–H groups in total. The number of benzene rings is 2. The summed E-state index contributed by atoms with van der Waals surface area (Å²) in [5.74, 6) is -0.606. The zero-order valence-corrected chi connectivity index (χ0v) is 12.8. The van der Waals surface area contributed by atoms with Gasteiger partial charge in [0.15, 0.2) is 0 Å². The summed E-state index contributed by atoms with van der Waals surface area (Å²) < 4.78 is 37.5. The number of hydrazone groups is 1. The predicted molar refractivity (Wildman–Crippen MR) is 88.2 cm³/mol. The Kier molecular flexibility index (Phi) is 4.47. The largest absolute Gasteiger partial charge is 0.416 e. The first-order valence-corrected chi connectivity index (χ1v) is 7.30. The molecule has 3 aromatic rings. The van der Waals surface area contributed by atoms with E-state index < -0.39 is 17.6 Å². The van der Waals surface area contributed by atoms with E-state index in [1.54, 1.807) is 6.07 Å². The number of aromatic nitrogens is 1. The van der Waals surface area contributed by atoms with Crippen LogP contribution in [0, 0.1) is 0 Å². The first-order chi connectivity index (χ1) is 11.9. The molecule has 0 aliphatic carbocycles. The van der Waals surface area contributed by atoms with Crippen LogP contribution in [-0.4, -0.2) is 17.1 Å². The zero-order valence-electron chi connectivity index (χ0n) is 12.8. The van der Waals surface area contributed by atoms with Crippen molar-refractivity contribution >= 4 is 23.0 Å². The summed E-state index contributed by atoms with van der Waals surface area (Å²) in [6.07, 6.45) is -3.07. The van der Waals surface area contributed by atoms with Crippen LogP contribution >= 0.6 is 0 Å². The van der Waals surface area contributed by atoms with Gasteiger partial charge in [-0.05, 0) is 36.4 Å². The second kappa shape index (κ2) is 6.72. The third-order valence-corrected chi connectivity index (χ3v) is 3.46. The molecule has 0 fully saturated rings. The van der Waals surface area contributed by atoms with Gasteiger partial charge in [0.2, 0.25) is 0 Å². The Morgan fingerprint density at radius 3 is 2.44 bits per heavy atom. The number of nitrogens with zero attached hydrogens (tertiary/aromatic N) is 2. The van der Waals surface area contributed by atoms with Gasteiger partial charge in [-0.25, -0.2) is 10.4 Å². The van der Waals surface area contributed by atoms with E-state index in [1.165, 1.54) is 6.21 Å². The number of carbonyl (C=O) groups excluding carboxylic acids is 1. The number of nitrogens with one attached hydrogen (secondary N) is 1. The van der Waals surface area contributed by atoms with Gasteiger partial charge in [-0.3, -0.25) is 4.79 Å². The van der Waals surface area contributed by atoms with Crippen LogP contribution in [0.4, 0.5) is 13.2 Å². The average molecular weight is 343 g/mol. The van der Waals surface area contributed by atoms with Gasteiger partial charge >= 0.3 is 6.18 Å². The number of amides is 1. The molecule has 0 aliphatic rings. The Morgan fingerprint density at radius 2 is 1.72 bits per heavy atom. The lowest BCUT2D eigenvalue weighted by molar-refractivity contribution is -0.137. The van der Waals surface area contributed by atoms with E-state index in [0.717, 1.165) is 35.2 Å². The lowest BCUT2D eigenvalue weighted by Gasteiger charge is -2.06. The number of para-hydroxylation sites is 1. The highest BCUT2D eigenvalue weighted by Gasteiger charge is 2.30. The minimum atomic E-state index is -4.44. The molecular weight excluding hydrogens is 331 g/mol. The van der Waals surface area contributed by atoms with Crippen LogP contribution in [0.2, 0.25) is 0 Å². The highest BCUT2D eigenvalue weighted by molar-refractivity contribution is 5.95. The highest BCUT2D eigenvalue weighted by Crippen LogP contribution is 2.29. The molecule has 0 radical (unpaired) electrons. The van der Waals surface area contributed by atoms with Crippen LogP contribution in [0.1, 0.15) is 21.6 Å². The van der Waals surface area contributed by atoms with E-state index in [1.807, 2.05) is 30.3 Å². The molecule has 2 aromatic carbocycles. The van der Waals surface area contributed by atoms with Crippen molar-refractivity contribution in [2.45, 2.75) is 6.18 Å². The number of pyridine rings is 1. The van der Waals surface area contributed by atoms with Crippen LogP contribution in [-0.2, 0) is 6.18 Å². The number of carbonyl (C=O) groups is 1. The SMILES string of the molecule is O=C(N/N=C/c1ccc2ccccc2n1)c1ccc(C(F)(F)F)cc1. The molecular formula is C18H12F3N3O.